The Morgan fingerprint density at radius 2 is 2.19 bits per heavy atom. The number of thiazole rings is 1. The lowest BCUT2D eigenvalue weighted by atomic mass is 10.1. The second-order valence-corrected chi connectivity index (χ2v) is 6.44. The van der Waals surface area contributed by atoms with Crippen LogP contribution < -0.4 is 10.6 Å². The van der Waals surface area contributed by atoms with Gasteiger partial charge in [-0.2, -0.15) is 0 Å². The van der Waals surface area contributed by atoms with Crippen LogP contribution in [0.15, 0.2) is 28.9 Å². The number of benzene rings is 1. The third-order valence-electron chi connectivity index (χ3n) is 2.74. The summed E-state index contributed by atoms with van der Waals surface area (Å²) in [6.07, 6.45) is 2.64. The molecule has 4 nitrogen and oxygen atoms in total. The molecule has 0 aliphatic rings. The van der Waals surface area contributed by atoms with Gasteiger partial charge in [-0.1, -0.05) is 28.1 Å². The van der Waals surface area contributed by atoms with E-state index in [2.05, 4.69) is 56.7 Å². The number of hydrogen-bond acceptors (Lipinski definition) is 4. The predicted octanol–water partition coefficient (Wildman–Crippen LogP) is 3.38. The number of carbonyl (C=O) groups excluding carboxylic acids is 1. The summed E-state index contributed by atoms with van der Waals surface area (Å²) in [4.78, 5) is 16.8. The maximum atomic E-state index is 11.5. The van der Waals surface area contributed by atoms with Gasteiger partial charge in [-0.25, -0.2) is 4.98 Å². The van der Waals surface area contributed by atoms with Crippen LogP contribution in [0.1, 0.15) is 16.0 Å². The Kier molecular flexibility index (Phi) is 7.31. The van der Waals surface area contributed by atoms with Gasteiger partial charge >= 0.3 is 0 Å². The summed E-state index contributed by atoms with van der Waals surface area (Å²) < 4.78 is 1.12. The molecule has 1 heterocycles. The number of nitrogens with zero attached hydrogens (tertiary/aromatic N) is 1. The highest BCUT2D eigenvalue weighted by atomic mass is 79.9. The van der Waals surface area contributed by atoms with Crippen molar-refractivity contribution < 1.29 is 4.79 Å². The SMILES string of the molecule is CNCC(=O)Nc1ncc(Cc2ccc(Br)c(C)c2)s1.Cl. The van der Waals surface area contributed by atoms with Crippen LogP contribution in [0.5, 0.6) is 0 Å². The maximum Gasteiger partial charge on any atom is 0.240 e. The molecule has 0 bridgehead atoms. The highest BCUT2D eigenvalue weighted by molar-refractivity contribution is 9.10. The fourth-order valence-electron chi connectivity index (χ4n) is 1.79. The minimum Gasteiger partial charge on any atom is -0.311 e. The lowest BCUT2D eigenvalue weighted by Gasteiger charge is -2.02. The van der Waals surface area contributed by atoms with Crippen LogP contribution in [0, 0.1) is 6.92 Å². The quantitative estimate of drug-likeness (QED) is 0.823. The summed E-state index contributed by atoms with van der Waals surface area (Å²) in [5.74, 6) is -0.0760. The lowest BCUT2D eigenvalue weighted by molar-refractivity contribution is -0.115. The summed E-state index contributed by atoms with van der Waals surface area (Å²) in [7, 11) is 1.74. The third-order valence-corrected chi connectivity index (χ3v) is 4.54. The molecule has 0 radical (unpaired) electrons. The van der Waals surface area contributed by atoms with Crippen molar-refractivity contribution >= 4 is 50.7 Å². The van der Waals surface area contributed by atoms with Gasteiger partial charge in [0.15, 0.2) is 5.13 Å². The number of likely N-dealkylation sites (N-methyl/N-ethyl adjacent to an activating group) is 1. The molecule has 2 N–H and O–H groups in total. The predicted molar refractivity (Wildman–Crippen MR) is 93.6 cm³/mol. The van der Waals surface area contributed by atoms with Gasteiger partial charge in [0, 0.05) is 22.0 Å². The van der Waals surface area contributed by atoms with E-state index in [0.29, 0.717) is 11.7 Å². The van der Waals surface area contributed by atoms with Gasteiger partial charge in [-0.3, -0.25) is 4.79 Å². The molecule has 0 unspecified atom stereocenters. The molecule has 1 amide bonds. The Bertz CT molecular complexity index is 618. The van der Waals surface area contributed by atoms with Gasteiger partial charge in [0.2, 0.25) is 5.91 Å². The first kappa shape index (κ1) is 18.1. The Balaban J connectivity index is 0.00000220. The molecule has 0 aliphatic heterocycles. The fourth-order valence-corrected chi connectivity index (χ4v) is 2.90. The molecule has 2 rings (SSSR count). The standard InChI is InChI=1S/C14H16BrN3OS.ClH/c1-9-5-10(3-4-12(9)15)6-11-7-17-14(20-11)18-13(19)8-16-2;/h3-5,7,16H,6,8H2,1-2H3,(H,17,18,19);1H. The van der Waals surface area contributed by atoms with Crippen molar-refractivity contribution in [3.05, 3.63) is 44.9 Å². The Hall–Kier alpha value is -0.950. The minimum atomic E-state index is -0.0760. The molecule has 1 aromatic heterocycles. The average Bonchev–Trinajstić information content (AvgIpc) is 2.81. The first-order valence-electron chi connectivity index (χ1n) is 6.22. The summed E-state index contributed by atoms with van der Waals surface area (Å²) >= 11 is 5.01. The Labute approximate surface area is 142 Å². The molecule has 0 fully saturated rings. The number of aryl methyl sites for hydroxylation is 1. The maximum absolute atomic E-state index is 11.5. The van der Waals surface area contributed by atoms with Crippen molar-refractivity contribution in [3.8, 4) is 0 Å². The number of aromatic nitrogens is 1. The van der Waals surface area contributed by atoms with Crippen LogP contribution in [0.2, 0.25) is 0 Å². The van der Waals surface area contributed by atoms with Crippen LogP contribution >= 0.6 is 39.7 Å². The molecule has 0 atom stereocenters. The van der Waals surface area contributed by atoms with Gasteiger partial charge in [-0.15, -0.1) is 23.7 Å². The molecule has 21 heavy (non-hydrogen) atoms. The summed E-state index contributed by atoms with van der Waals surface area (Å²) in [6.45, 7) is 2.37. The van der Waals surface area contributed by atoms with E-state index < -0.39 is 0 Å². The zero-order valence-corrected chi connectivity index (χ0v) is 15.0. The van der Waals surface area contributed by atoms with E-state index in [-0.39, 0.29) is 18.3 Å². The first-order chi connectivity index (χ1) is 9.58. The third kappa shape index (κ3) is 5.39. The molecule has 0 saturated carbocycles. The van der Waals surface area contributed by atoms with Crippen molar-refractivity contribution in [2.24, 2.45) is 0 Å². The fraction of sp³-hybridized carbons (Fsp3) is 0.286. The van der Waals surface area contributed by atoms with Crippen LogP contribution in [-0.4, -0.2) is 24.5 Å². The van der Waals surface area contributed by atoms with Crippen LogP contribution in [0.4, 0.5) is 5.13 Å². The van der Waals surface area contributed by atoms with Gasteiger partial charge in [0.1, 0.15) is 0 Å². The second kappa shape index (κ2) is 8.48. The number of rotatable bonds is 5. The van der Waals surface area contributed by atoms with E-state index in [4.69, 9.17) is 0 Å². The van der Waals surface area contributed by atoms with Crippen molar-refractivity contribution in [2.75, 3.05) is 18.9 Å². The van der Waals surface area contributed by atoms with Crippen molar-refractivity contribution in [1.82, 2.24) is 10.3 Å². The highest BCUT2D eigenvalue weighted by Crippen LogP contribution is 2.23. The minimum absolute atomic E-state index is 0. The number of carbonyl (C=O) groups is 1. The molecular weight excluding hydrogens is 374 g/mol. The molecule has 1 aromatic carbocycles. The van der Waals surface area contributed by atoms with Crippen LogP contribution in [-0.2, 0) is 11.2 Å². The van der Waals surface area contributed by atoms with Crippen molar-refractivity contribution in [2.45, 2.75) is 13.3 Å². The topological polar surface area (TPSA) is 54.0 Å². The summed E-state index contributed by atoms with van der Waals surface area (Å²) in [5, 5.41) is 6.22. The summed E-state index contributed by atoms with van der Waals surface area (Å²) in [5.41, 5.74) is 2.46. The molecular formula is C14H17BrClN3OS. The number of hydrogen-bond donors (Lipinski definition) is 2. The van der Waals surface area contributed by atoms with E-state index in [1.165, 1.54) is 22.5 Å². The number of nitrogens with one attached hydrogen (secondary N) is 2. The first-order valence-corrected chi connectivity index (χ1v) is 7.83. The largest absolute Gasteiger partial charge is 0.311 e. The van der Waals surface area contributed by atoms with Gasteiger partial charge in [-0.05, 0) is 31.2 Å². The summed E-state index contributed by atoms with van der Waals surface area (Å²) in [6, 6.07) is 6.31. The molecule has 7 heteroatoms. The van der Waals surface area contributed by atoms with E-state index in [1.807, 2.05) is 6.20 Å². The number of amides is 1. The monoisotopic (exact) mass is 389 g/mol. The zero-order valence-electron chi connectivity index (χ0n) is 11.8. The normalized spacial score (nSPS) is 10.0. The van der Waals surface area contributed by atoms with Crippen LogP contribution in [0.3, 0.4) is 0 Å². The number of halogens is 2. The van der Waals surface area contributed by atoms with E-state index in [9.17, 15) is 4.79 Å². The Morgan fingerprint density at radius 3 is 2.86 bits per heavy atom. The van der Waals surface area contributed by atoms with Gasteiger partial charge in [0.05, 0.1) is 6.54 Å². The molecule has 114 valence electrons. The van der Waals surface area contributed by atoms with E-state index in [1.54, 1.807) is 7.05 Å². The smallest absolute Gasteiger partial charge is 0.240 e. The van der Waals surface area contributed by atoms with Crippen molar-refractivity contribution in [1.29, 1.82) is 0 Å². The van der Waals surface area contributed by atoms with Gasteiger partial charge < -0.3 is 10.6 Å². The zero-order chi connectivity index (χ0) is 14.5. The van der Waals surface area contributed by atoms with Gasteiger partial charge in [0.25, 0.3) is 0 Å². The molecule has 0 aliphatic carbocycles. The lowest BCUT2D eigenvalue weighted by Crippen LogP contribution is -2.24. The molecule has 0 saturated heterocycles. The highest BCUT2D eigenvalue weighted by Gasteiger charge is 2.07. The second-order valence-electron chi connectivity index (χ2n) is 4.47. The molecule has 2 aromatic rings. The van der Waals surface area contributed by atoms with E-state index in [0.717, 1.165) is 15.8 Å². The average molecular weight is 391 g/mol. The Morgan fingerprint density at radius 1 is 1.43 bits per heavy atom. The molecule has 0 spiro atoms. The van der Waals surface area contributed by atoms with Crippen molar-refractivity contribution in [3.63, 3.8) is 0 Å². The number of anilines is 1. The van der Waals surface area contributed by atoms with E-state index >= 15 is 0 Å². The van der Waals surface area contributed by atoms with Crippen LogP contribution in [0.25, 0.3) is 0 Å².